The van der Waals surface area contributed by atoms with Crippen molar-refractivity contribution in [2.75, 3.05) is 23.3 Å². The highest BCUT2D eigenvalue weighted by Gasteiger charge is 2.26. The fourth-order valence-corrected chi connectivity index (χ4v) is 2.95. The van der Waals surface area contributed by atoms with Crippen LogP contribution in [0, 0.1) is 6.92 Å². The zero-order chi connectivity index (χ0) is 17.1. The van der Waals surface area contributed by atoms with Crippen molar-refractivity contribution in [1.29, 1.82) is 0 Å². The van der Waals surface area contributed by atoms with Gasteiger partial charge < -0.3 is 10.2 Å². The third-order valence-electron chi connectivity index (χ3n) is 4.27. The molecule has 3 aromatic rings. The Hall–Kier alpha value is -3.09. The topological polar surface area (TPSA) is 79.7 Å². The van der Waals surface area contributed by atoms with Gasteiger partial charge in [-0.05, 0) is 37.1 Å². The third kappa shape index (κ3) is 3.55. The summed E-state index contributed by atoms with van der Waals surface area (Å²) < 4.78 is 0. The molecular formula is C18H19N7. The molecule has 0 unspecified atom stereocenters. The molecule has 0 aromatic carbocycles. The monoisotopic (exact) mass is 333 g/mol. The highest BCUT2D eigenvalue weighted by atomic mass is 15.3. The SMILES string of the molecule is Cc1ccc(Nc2nccc([C@@H]3CCN(c4ncccn4)C3)n2)nc1. The molecule has 1 aliphatic rings. The predicted octanol–water partition coefficient (Wildman–Crippen LogP) is 2.71. The lowest BCUT2D eigenvalue weighted by atomic mass is 10.1. The summed E-state index contributed by atoms with van der Waals surface area (Å²) in [6, 6.07) is 7.75. The first kappa shape index (κ1) is 15.4. The maximum atomic E-state index is 4.67. The number of nitrogens with one attached hydrogen (secondary N) is 1. The van der Waals surface area contributed by atoms with Gasteiger partial charge in [0, 0.05) is 43.8 Å². The lowest BCUT2D eigenvalue weighted by Gasteiger charge is -2.15. The van der Waals surface area contributed by atoms with Gasteiger partial charge in [0.2, 0.25) is 11.9 Å². The van der Waals surface area contributed by atoms with Crippen LogP contribution in [0.25, 0.3) is 0 Å². The van der Waals surface area contributed by atoms with E-state index in [0.29, 0.717) is 11.9 Å². The number of anilines is 3. The Bertz CT molecular complexity index is 836. The van der Waals surface area contributed by atoms with Crippen molar-refractivity contribution in [2.45, 2.75) is 19.3 Å². The first-order valence-corrected chi connectivity index (χ1v) is 8.32. The normalized spacial score (nSPS) is 16.8. The molecule has 0 bridgehead atoms. The van der Waals surface area contributed by atoms with E-state index in [-0.39, 0.29) is 0 Å². The summed E-state index contributed by atoms with van der Waals surface area (Å²) in [6.07, 6.45) is 8.19. The Morgan fingerprint density at radius 1 is 1.04 bits per heavy atom. The van der Waals surface area contributed by atoms with Gasteiger partial charge in [0.1, 0.15) is 5.82 Å². The van der Waals surface area contributed by atoms with Crippen molar-refractivity contribution >= 4 is 17.7 Å². The van der Waals surface area contributed by atoms with Crippen LogP contribution in [0.5, 0.6) is 0 Å². The summed E-state index contributed by atoms with van der Waals surface area (Å²) in [7, 11) is 0. The average molecular weight is 333 g/mol. The molecule has 1 aliphatic heterocycles. The molecule has 7 nitrogen and oxygen atoms in total. The third-order valence-corrected chi connectivity index (χ3v) is 4.27. The van der Waals surface area contributed by atoms with Crippen LogP contribution in [-0.2, 0) is 0 Å². The van der Waals surface area contributed by atoms with Crippen LogP contribution >= 0.6 is 0 Å². The number of hydrogen-bond donors (Lipinski definition) is 1. The summed E-state index contributed by atoms with van der Waals surface area (Å²) in [5.41, 5.74) is 2.15. The zero-order valence-electron chi connectivity index (χ0n) is 14.0. The maximum absolute atomic E-state index is 4.67. The molecule has 25 heavy (non-hydrogen) atoms. The molecule has 1 fully saturated rings. The van der Waals surface area contributed by atoms with Gasteiger partial charge in [-0.3, -0.25) is 0 Å². The zero-order valence-corrected chi connectivity index (χ0v) is 14.0. The standard InChI is InChI=1S/C18H19N7/c1-13-3-4-16(22-11-13)24-17-19-9-5-15(23-17)14-6-10-25(12-14)18-20-7-2-8-21-18/h2-5,7-9,11,14H,6,10,12H2,1H3,(H,19,22,23,24)/t14-/m1/s1. The molecule has 3 aromatic heterocycles. The quantitative estimate of drug-likeness (QED) is 0.786. The smallest absolute Gasteiger partial charge is 0.228 e. The van der Waals surface area contributed by atoms with Crippen LogP contribution in [0.1, 0.15) is 23.6 Å². The van der Waals surface area contributed by atoms with E-state index in [1.807, 2.05) is 37.4 Å². The van der Waals surface area contributed by atoms with E-state index in [9.17, 15) is 0 Å². The second-order valence-corrected chi connectivity index (χ2v) is 6.13. The molecule has 126 valence electrons. The second kappa shape index (κ2) is 6.80. The molecule has 0 radical (unpaired) electrons. The van der Waals surface area contributed by atoms with Crippen molar-refractivity contribution in [1.82, 2.24) is 24.9 Å². The van der Waals surface area contributed by atoms with Crippen LogP contribution in [0.3, 0.4) is 0 Å². The Kier molecular flexibility index (Phi) is 4.20. The van der Waals surface area contributed by atoms with E-state index in [4.69, 9.17) is 0 Å². The van der Waals surface area contributed by atoms with Crippen molar-refractivity contribution < 1.29 is 0 Å². The summed E-state index contributed by atoms with van der Waals surface area (Å²) in [6.45, 7) is 3.81. The summed E-state index contributed by atoms with van der Waals surface area (Å²) in [5, 5.41) is 3.17. The molecular weight excluding hydrogens is 314 g/mol. The Balaban J connectivity index is 1.47. The molecule has 0 saturated carbocycles. The lowest BCUT2D eigenvalue weighted by Crippen LogP contribution is -2.21. The Morgan fingerprint density at radius 2 is 1.92 bits per heavy atom. The van der Waals surface area contributed by atoms with Gasteiger partial charge in [0.15, 0.2) is 0 Å². The van der Waals surface area contributed by atoms with Gasteiger partial charge in [-0.1, -0.05) is 6.07 Å². The van der Waals surface area contributed by atoms with E-state index in [1.165, 1.54) is 0 Å². The van der Waals surface area contributed by atoms with Gasteiger partial charge in [-0.2, -0.15) is 0 Å². The molecule has 4 rings (SSSR count). The summed E-state index contributed by atoms with van der Waals surface area (Å²) >= 11 is 0. The molecule has 1 saturated heterocycles. The minimum absolute atomic E-state index is 0.346. The number of rotatable bonds is 4. The van der Waals surface area contributed by atoms with E-state index in [1.54, 1.807) is 18.6 Å². The van der Waals surface area contributed by atoms with Crippen LogP contribution in [-0.4, -0.2) is 38.0 Å². The van der Waals surface area contributed by atoms with E-state index < -0.39 is 0 Å². The van der Waals surface area contributed by atoms with Gasteiger partial charge in [-0.15, -0.1) is 0 Å². The van der Waals surface area contributed by atoms with Crippen molar-refractivity contribution in [3.05, 3.63) is 60.3 Å². The average Bonchev–Trinajstić information content (AvgIpc) is 3.15. The Morgan fingerprint density at radius 3 is 2.72 bits per heavy atom. The largest absolute Gasteiger partial charge is 0.340 e. The van der Waals surface area contributed by atoms with Crippen LogP contribution in [0.15, 0.2) is 49.1 Å². The molecule has 7 heteroatoms. The van der Waals surface area contributed by atoms with E-state index >= 15 is 0 Å². The first-order chi connectivity index (χ1) is 12.3. The van der Waals surface area contributed by atoms with Crippen LogP contribution in [0.4, 0.5) is 17.7 Å². The molecule has 1 N–H and O–H groups in total. The number of aromatic nitrogens is 5. The second-order valence-electron chi connectivity index (χ2n) is 6.13. The summed E-state index contributed by atoms with van der Waals surface area (Å²) in [5.74, 6) is 2.44. The van der Waals surface area contributed by atoms with Crippen molar-refractivity contribution in [2.24, 2.45) is 0 Å². The molecule has 1 atom stereocenters. The van der Waals surface area contributed by atoms with Crippen molar-refractivity contribution in [3.8, 4) is 0 Å². The van der Waals surface area contributed by atoms with E-state index in [2.05, 4.69) is 35.1 Å². The maximum Gasteiger partial charge on any atom is 0.228 e. The van der Waals surface area contributed by atoms with E-state index in [0.717, 1.165) is 42.5 Å². The van der Waals surface area contributed by atoms with Crippen molar-refractivity contribution in [3.63, 3.8) is 0 Å². The Labute approximate surface area is 146 Å². The lowest BCUT2D eigenvalue weighted by molar-refractivity contribution is 0.739. The molecule has 4 heterocycles. The van der Waals surface area contributed by atoms with Crippen LogP contribution in [0.2, 0.25) is 0 Å². The highest BCUT2D eigenvalue weighted by Crippen LogP contribution is 2.28. The van der Waals surface area contributed by atoms with Gasteiger partial charge >= 0.3 is 0 Å². The number of nitrogens with zero attached hydrogens (tertiary/aromatic N) is 6. The van der Waals surface area contributed by atoms with Crippen LogP contribution < -0.4 is 10.2 Å². The fourth-order valence-electron chi connectivity index (χ4n) is 2.95. The first-order valence-electron chi connectivity index (χ1n) is 8.32. The minimum Gasteiger partial charge on any atom is -0.340 e. The fraction of sp³-hybridized carbons (Fsp3) is 0.278. The molecule has 0 spiro atoms. The number of hydrogen-bond acceptors (Lipinski definition) is 7. The molecule has 0 aliphatic carbocycles. The summed E-state index contributed by atoms with van der Waals surface area (Å²) in [4.78, 5) is 24.2. The minimum atomic E-state index is 0.346. The van der Waals surface area contributed by atoms with Gasteiger partial charge in [0.25, 0.3) is 0 Å². The number of aryl methyl sites for hydroxylation is 1. The molecule has 0 amide bonds. The van der Waals surface area contributed by atoms with Gasteiger partial charge in [0.05, 0.1) is 5.69 Å². The predicted molar refractivity (Wildman–Crippen MR) is 95.9 cm³/mol. The highest BCUT2D eigenvalue weighted by molar-refractivity contribution is 5.47. The number of pyridine rings is 1. The van der Waals surface area contributed by atoms with Gasteiger partial charge in [-0.25, -0.2) is 24.9 Å².